The van der Waals surface area contributed by atoms with E-state index in [2.05, 4.69) is 5.32 Å². The van der Waals surface area contributed by atoms with Gasteiger partial charge in [0.15, 0.2) is 11.5 Å². The highest BCUT2D eigenvalue weighted by Gasteiger charge is 2.28. The van der Waals surface area contributed by atoms with Crippen molar-refractivity contribution < 1.29 is 19.1 Å². The number of fused-ring (bicyclic) bond motifs is 1. The van der Waals surface area contributed by atoms with Gasteiger partial charge < -0.3 is 19.7 Å². The molecule has 1 aliphatic carbocycles. The second kappa shape index (κ2) is 8.00. The lowest BCUT2D eigenvalue weighted by Crippen LogP contribution is -2.27. The number of methoxy groups -OCH3 is 2. The third-order valence-corrected chi connectivity index (χ3v) is 5.95. The molecule has 1 aliphatic rings. The first kappa shape index (κ1) is 19.2. The lowest BCUT2D eigenvalue weighted by molar-refractivity contribution is -0.120. The maximum Gasteiger partial charge on any atom is 0.263 e. The van der Waals surface area contributed by atoms with Crippen LogP contribution in [0.2, 0.25) is 0 Å². The molecule has 0 saturated carbocycles. The predicted octanol–water partition coefficient (Wildman–Crippen LogP) is 3.21. The van der Waals surface area contributed by atoms with Gasteiger partial charge in [0.1, 0.15) is 0 Å². The molecule has 0 fully saturated rings. The number of benzene rings is 1. The van der Waals surface area contributed by atoms with Crippen LogP contribution in [-0.4, -0.2) is 45.0 Å². The van der Waals surface area contributed by atoms with Crippen LogP contribution in [0.3, 0.4) is 0 Å². The van der Waals surface area contributed by atoms with Gasteiger partial charge in [0.2, 0.25) is 5.91 Å². The number of thiophene rings is 1. The van der Waals surface area contributed by atoms with Gasteiger partial charge in [-0.3, -0.25) is 9.59 Å². The van der Waals surface area contributed by atoms with Crippen LogP contribution in [0, 0.1) is 5.92 Å². The zero-order valence-corrected chi connectivity index (χ0v) is 16.8. The molecule has 1 atom stereocenters. The van der Waals surface area contributed by atoms with Crippen LogP contribution in [0.25, 0.3) is 0 Å². The second-order valence-electron chi connectivity index (χ2n) is 6.76. The van der Waals surface area contributed by atoms with Crippen molar-refractivity contribution in [3.05, 3.63) is 39.6 Å². The summed E-state index contributed by atoms with van der Waals surface area (Å²) in [7, 11) is 6.64. The topological polar surface area (TPSA) is 67.9 Å². The van der Waals surface area contributed by atoms with Gasteiger partial charge in [-0.05, 0) is 43.0 Å². The van der Waals surface area contributed by atoms with Crippen LogP contribution in [0.5, 0.6) is 11.5 Å². The monoisotopic (exact) mass is 388 g/mol. The molecule has 0 radical (unpaired) electrons. The minimum atomic E-state index is -0.109. The van der Waals surface area contributed by atoms with Crippen molar-refractivity contribution in [2.75, 3.05) is 33.6 Å². The van der Waals surface area contributed by atoms with Gasteiger partial charge in [0.25, 0.3) is 5.91 Å². The molecule has 1 N–H and O–H groups in total. The summed E-state index contributed by atoms with van der Waals surface area (Å²) in [5.74, 6) is 1.09. The molecule has 0 spiro atoms. The summed E-state index contributed by atoms with van der Waals surface area (Å²) >= 11 is 1.55. The number of nitrogens with one attached hydrogen (secondary N) is 1. The summed E-state index contributed by atoms with van der Waals surface area (Å²) < 4.78 is 10.5. The number of nitrogens with zero attached hydrogens (tertiary/aromatic N) is 1. The lowest BCUT2D eigenvalue weighted by atomic mass is 9.87. The molecule has 6 nitrogen and oxygen atoms in total. The van der Waals surface area contributed by atoms with Crippen LogP contribution in [0.15, 0.2) is 24.3 Å². The third-order valence-electron chi connectivity index (χ3n) is 4.72. The Morgan fingerprint density at radius 2 is 1.89 bits per heavy atom. The van der Waals surface area contributed by atoms with E-state index in [1.807, 2.05) is 6.07 Å². The molecule has 2 aromatic rings. The highest BCUT2D eigenvalue weighted by molar-refractivity contribution is 7.14. The lowest BCUT2D eigenvalue weighted by Gasteiger charge is -2.21. The number of amides is 2. The number of aryl methyl sites for hydroxylation is 1. The van der Waals surface area contributed by atoms with Gasteiger partial charge in [-0.25, -0.2) is 0 Å². The third kappa shape index (κ3) is 4.08. The highest BCUT2D eigenvalue weighted by Crippen LogP contribution is 2.34. The van der Waals surface area contributed by atoms with E-state index < -0.39 is 0 Å². The van der Waals surface area contributed by atoms with Crippen molar-refractivity contribution in [2.24, 2.45) is 5.92 Å². The maximum absolute atomic E-state index is 12.7. The zero-order chi connectivity index (χ0) is 19.6. The first-order chi connectivity index (χ1) is 12.9. The maximum atomic E-state index is 12.7. The normalized spacial score (nSPS) is 15.6. The molecule has 1 unspecified atom stereocenters. The SMILES string of the molecule is COc1ccc(NC(=O)C2CCc3sc(C(=O)N(C)C)cc3C2)cc1OC. The van der Waals surface area contributed by atoms with E-state index in [1.165, 1.54) is 4.88 Å². The number of rotatable bonds is 5. The van der Waals surface area contributed by atoms with E-state index >= 15 is 0 Å². The molecule has 7 heteroatoms. The molecule has 2 amide bonds. The Morgan fingerprint density at radius 1 is 1.15 bits per heavy atom. The fourth-order valence-corrected chi connectivity index (χ4v) is 4.46. The number of carbonyl (C=O) groups is 2. The molecule has 0 bridgehead atoms. The molecular formula is C20H24N2O4S. The van der Waals surface area contributed by atoms with Crippen molar-refractivity contribution >= 4 is 28.8 Å². The van der Waals surface area contributed by atoms with Crippen molar-refractivity contribution in [1.29, 1.82) is 0 Å². The molecule has 1 aromatic carbocycles. The summed E-state index contributed by atoms with van der Waals surface area (Å²) in [4.78, 5) is 28.4. The molecule has 3 rings (SSSR count). The zero-order valence-electron chi connectivity index (χ0n) is 16.0. The highest BCUT2D eigenvalue weighted by atomic mass is 32.1. The number of anilines is 1. The van der Waals surface area contributed by atoms with Crippen LogP contribution in [0.1, 0.15) is 26.5 Å². The Bertz CT molecular complexity index is 860. The van der Waals surface area contributed by atoms with Crippen molar-refractivity contribution in [3.63, 3.8) is 0 Å². The van der Waals surface area contributed by atoms with Crippen LogP contribution < -0.4 is 14.8 Å². The number of carbonyl (C=O) groups excluding carboxylic acids is 2. The van der Waals surface area contributed by atoms with E-state index in [0.717, 1.165) is 23.3 Å². The molecule has 144 valence electrons. The molecule has 1 heterocycles. The van der Waals surface area contributed by atoms with Gasteiger partial charge in [-0.1, -0.05) is 0 Å². The van der Waals surface area contributed by atoms with Gasteiger partial charge in [0, 0.05) is 36.6 Å². The fourth-order valence-electron chi connectivity index (χ4n) is 3.23. The van der Waals surface area contributed by atoms with Crippen molar-refractivity contribution in [1.82, 2.24) is 4.90 Å². The van der Waals surface area contributed by atoms with E-state index in [0.29, 0.717) is 23.6 Å². The summed E-state index contributed by atoms with van der Waals surface area (Å²) in [5.41, 5.74) is 1.79. The summed E-state index contributed by atoms with van der Waals surface area (Å²) in [5, 5.41) is 2.97. The second-order valence-corrected chi connectivity index (χ2v) is 7.89. The van der Waals surface area contributed by atoms with E-state index in [-0.39, 0.29) is 17.7 Å². The molecule has 1 aromatic heterocycles. The van der Waals surface area contributed by atoms with Gasteiger partial charge >= 0.3 is 0 Å². The quantitative estimate of drug-likeness (QED) is 0.854. The van der Waals surface area contributed by atoms with E-state index in [9.17, 15) is 9.59 Å². The Balaban J connectivity index is 1.70. The molecule has 0 saturated heterocycles. The van der Waals surface area contributed by atoms with E-state index in [4.69, 9.17) is 9.47 Å². The number of hydrogen-bond donors (Lipinski definition) is 1. The number of hydrogen-bond acceptors (Lipinski definition) is 5. The first-order valence-electron chi connectivity index (χ1n) is 8.79. The minimum absolute atomic E-state index is 0.0143. The summed E-state index contributed by atoms with van der Waals surface area (Å²) in [6.07, 6.45) is 2.26. The molecule has 27 heavy (non-hydrogen) atoms. The largest absolute Gasteiger partial charge is 0.493 e. The smallest absolute Gasteiger partial charge is 0.263 e. The Hall–Kier alpha value is -2.54. The van der Waals surface area contributed by atoms with Gasteiger partial charge in [-0.2, -0.15) is 0 Å². The van der Waals surface area contributed by atoms with Crippen LogP contribution >= 0.6 is 11.3 Å². The number of ether oxygens (including phenoxy) is 2. The van der Waals surface area contributed by atoms with Crippen molar-refractivity contribution in [2.45, 2.75) is 19.3 Å². The molecule has 0 aliphatic heterocycles. The van der Waals surface area contributed by atoms with Crippen LogP contribution in [-0.2, 0) is 17.6 Å². The fraction of sp³-hybridized carbons (Fsp3) is 0.400. The summed E-state index contributed by atoms with van der Waals surface area (Å²) in [6.45, 7) is 0. The van der Waals surface area contributed by atoms with E-state index in [1.54, 1.807) is 62.8 Å². The first-order valence-corrected chi connectivity index (χ1v) is 9.60. The average Bonchev–Trinajstić information content (AvgIpc) is 3.10. The summed E-state index contributed by atoms with van der Waals surface area (Å²) in [6, 6.07) is 7.26. The Morgan fingerprint density at radius 3 is 2.56 bits per heavy atom. The van der Waals surface area contributed by atoms with Crippen LogP contribution in [0.4, 0.5) is 5.69 Å². The standard InChI is InChI=1S/C20H24N2O4S/c1-22(2)20(24)18-10-13-9-12(5-8-17(13)27-18)19(23)21-14-6-7-15(25-3)16(11-14)26-4/h6-7,10-12H,5,8-9H2,1-4H3,(H,21,23). The minimum Gasteiger partial charge on any atom is -0.493 e. The van der Waals surface area contributed by atoms with Crippen molar-refractivity contribution in [3.8, 4) is 11.5 Å². The van der Waals surface area contributed by atoms with Gasteiger partial charge in [0.05, 0.1) is 19.1 Å². The average molecular weight is 388 g/mol. The van der Waals surface area contributed by atoms with Gasteiger partial charge in [-0.15, -0.1) is 11.3 Å². The Labute approximate surface area is 163 Å². The molecular weight excluding hydrogens is 364 g/mol. The Kier molecular flexibility index (Phi) is 5.70. The predicted molar refractivity (Wildman–Crippen MR) is 106 cm³/mol.